The minimum Gasteiger partial charge on any atom is -0.481 e. The van der Waals surface area contributed by atoms with E-state index in [1.165, 1.54) is 0 Å². The van der Waals surface area contributed by atoms with Crippen LogP contribution in [-0.2, 0) is 17.8 Å². The molecule has 88 valence electrons. The van der Waals surface area contributed by atoms with E-state index in [2.05, 4.69) is 4.98 Å². The van der Waals surface area contributed by atoms with Gasteiger partial charge in [0.25, 0.3) is 0 Å². The van der Waals surface area contributed by atoms with Crippen LogP contribution in [0.3, 0.4) is 0 Å². The molecule has 1 saturated carbocycles. The van der Waals surface area contributed by atoms with Gasteiger partial charge in [-0.15, -0.1) is 0 Å². The number of rotatable bonds is 4. The lowest BCUT2D eigenvalue weighted by molar-refractivity contribution is -0.158. The predicted molar refractivity (Wildman–Crippen MR) is 56.9 cm³/mol. The van der Waals surface area contributed by atoms with Gasteiger partial charge in [0, 0.05) is 25.4 Å². The van der Waals surface area contributed by atoms with E-state index in [1.54, 1.807) is 6.20 Å². The van der Waals surface area contributed by atoms with Gasteiger partial charge in [-0.05, 0) is 19.8 Å². The number of hydrogen-bond donors (Lipinski definition) is 2. The standard InChI is InChI=1S/C11H16N2O3/c1-2-13-4-3-12-9(13)7-11(16)5-8(6-11)10(14)15/h3-4,8,16H,2,5-7H2,1H3,(H,14,15). The van der Waals surface area contributed by atoms with Crippen LogP contribution in [0.25, 0.3) is 0 Å². The van der Waals surface area contributed by atoms with E-state index in [1.807, 2.05) is 17.7 Å². The van der Waals surface area contributed by atoms with E-state index < -0.39 is 17.5 Å². The second-order valence-corrected chi connectivity index (χ2v) is 4.47. The highest BCUT2D eigenvalue weighted by Crippen LogP contribution is 2.40. The minimum atomic E-state index is -0.874. The molecule has 0 aliphatic heterocycles. The zero-order valence-electron chi connectivity index (χ0n) is 9.26. The number of aryl methyl sites for hydroxylation is 1. The van der Waals surface area contributed by atoms with Crippen molar-refractivity contribution in [2.24, 2.45) is 5.92 Å². The van der Waals surface area contributed by atoms with Gasteiger partial charge in [-0.3, -0.25) is 4.79 Å². The topological polar surface area (TPSA) is 75.3 Å². The molecule has 0 spiro atoms. The summed E-state index contributed by atoms with van der Waals surface area (Å²) < 4.78 is 1.96. The number of carboxylic acids is 1. The van der Waals surface area contributed by atoms with Crippen molar-refractivity contribution in [1.82, 2.24) is 9.55 Å². The highest BCUT2D eigenvalue weighted by atomic mass is 16.4. The summed E-state index contributed by atoms with van der Waals surface area (Å²) >= 11 is 0. The molecular weight excluding hydrogens is 208 g/mol. The van der Waals surface area contributed by atoms with Crippen molar-refractivity contribution in [2.45, 2.75) is 38.3 Å². The normalized spacial score (nSPS) is 28.8. The largest absolute Gasteiger partial charge is 0.481 e. The molecule has 5 heteroatoms. The lowest BCUT2D eigenvalue weighted by Gasteiger charge is -2.41. The Bertz CT molecular complexity index is 394. The Morgan fingerprint density at radius 3 is 2.94 bits per heavy atom. The molecule has 0 saturated heterocycles. The Morgan fingerprint density at radius 2 is 2.38 bits per heavy atom. The fourth-order valence-electron chi connectivity index (χ4n) is 2.27. The first kappa shape index (κ1) is 11.1. The SMILES string of the molecule is CCn1ccnc1CC1(O)CC(C(=O)O)C1. The lowest BCUT2D eigenvalue weighted by Crippen LogP contribution is -2.49. The van der Waals surface area contributed by atoms with Crippen LogP contribution >= 0.6 is 0 Å². The number of carboxylic acid groups (broad SMARTS) is 1. The summed E-state index contributed by atoms with van der Waals surface area (Å²) in [6.07, 6.45) is 4.68. The third-order valence-electron chi connectivity index (χ3n) is 3.23. The second kappa shape index (κ2) is 3.90. The van der Waals surface area contributed by atoms with E-state index in [0.717, 1.165) is 12.4 Å². The van der Waals surface area contributed by atoms with Crippen molar-refractivity contribution >= 4 is 5.97 Å². The Hall–Kier alpha value is -1.36. The molecule has 1 aliphatic rings. The average molecular weight is 224 g/mol. The van der Waals surface area contributed by atoms with Crippen molar-refractivity contribution in [3.05, 3.63) is 18.2 Å². The Morgan fingerprint density at radius 1 is 1.69 bits per heavy atom. The number of aromatic nitrogens is 2. The van der Waals surface area contributed by atoms with E-state index >= 15 is 0 Å². The Kier molecular flexibility index (Phi) is 2.71. The first-order valence-electron chi connectivity index (χ1n) is 5.49. The molecule has 1 heterocycles. The first-order chi connectivity index (χ1) is 7.54. The van der Waals surface area contributed by atoms with Crippen molar-refractivity contribution in [3.63, 3.8) is 0 Å². The molecule has 0 radical (unpaired) electrons. The van der Waals surface area contributed by atoms with Crippen molar-refractivity contribution in [3.8, 4) is 0 Å². The molecule has 0 aromatic carbocycles. The maximum Gasteiger partial charge on any atom is 0.306 e. The molecule has 5 nitrogen and oxygen atoms in total. The fourth-order valence-corrected chi connectivity index (χ4v) is 2.27. The summed E-state index contributed by atoms with van der Waals surface area (Å²) in [6.45, 7) is 2.82. The highest BCUT2D eigenvalue weighted by molar-refractivity contribution is 5.71. The lowest BCUT2D eigenvalue weighted by atomic mass is 9.69. The Balaban J connectivity index is 1.99. The van der Waals surface area contributed by atoms with Crippen LogP contribution < -0.4 is 0 Å². The van der Waals surface area contributed by atoms with E-state index in [0.29, 0.717) is 19.3 Å². The van der Waals surface area contributed by atoms with Crippen LogP contribution in [0.5, 0.6) is 0 Å². The molecule has 1 aliphatic carbocycles. The molecule has 0 amide bonds. The maximum absolute atomic E-state index is 10.7. The van der Waals surface area contributed by atoms with Crippen molar-refractivity contribution < 1.29 is 15.0 Å². The van der Waals surface area contributed by atoms with Gasteiger partial charge >= 0.3 is 5.97 Å². The smallest absolute Gasteiger partial charge is 0.306 e. The van der Waals surface area contributed by atoms with Crippen LogP contribution in [0.2, 0.25) is 0 Å². The summed E-state index contributed by atoms with van der Waals surface area (Å²) in [5, 5.41) is 18.9. The summed E-state index contributed by atoms with van der Waals surface area (Å²) in [6, 6.07) is 0. The van der Waals surface area contributed by atoms with Gasteiger partial charge in [-0.25, -0.2) is 4.98 Å². The molecule has 0 bridgehead atoms. The van der Waals surface area contributed by atoms with Crippen LogP contribution in [0.15, 0.2) is 12.4 Å². The maximum atomic E-state index is 10.7. The van der Waals surface area contributed by atoms with Gasteiger partial charge in [0.05, 0.1) is 11.5 Å². The quantitative estimate of drug-likeness (QED) is 0.788. The summed E-state index contributed by atoms with van der Waals surface area (Å²) in [5.41, 5.74) is -0.874. The summed E-state index contributed by atoms with van der Waals surface area (Å²) in [5.74, 6) is -0.382. The number of imidazole rings is 1. The molecule has 1 aromatic rings. The number of aliphatic carboxylic acids is 1. The third kappa shape index (κ3) is 1.95. The highest BCUT2D eigenvalue weighted by Gasteiger charge is 2.46. The molecule has 0 atom stereocenters. The number of carbonyl (C=O) groups is 1. The molecule has 16 heavy (non-hydrogen) atoms. The number of nitrogens with zero attached hydrogens (tertiary/aromatic N) is 2. The number of aliphatic hydroxyl groups is 1. The van der Waals surface area contributed by atoms with E-state index in [4.69, 9.17) is 5.11 Å². The summed E-state index contributed by atoms with van der Waals surface area (Å²) in [7, 11) is 0. The molecule has 2 rings (SSSR count). The van der Waals surface area contributed by atoms with E-state index in [-0.39, 0.29) is 0 Å². The molecule has 1 aromatic heterocycles. The van der Waals surface area contributed by atoms with Crippen LogP contribution in [0.4, 0.5) is 0 Å². The fraction of sp³-hybridized carbons (Fsp3) is 0.636. The van der Waals surface area contributed by atoms with Gasteiger partial charge in [0.2, 0.25) is 0 Å². The van der Waals surface area contributed by atoms with Crippen LogP contribution in [0.1, 0.15) is 25.6 Å². The third-order valence-corrected chi connectivity index (χ3v) is 3.23. The zero-order valence-corrected chi connectivity index (χ0v) is 9.26. The number of hydrogen-bond acceptors (Lipinski definition) is 3. The van der Waals surface area contributed by atoms with Gasteiger partial charge < -0.3 is 14.8 Å². The first-order valence-corrected chi connectivity index (χ1v) is 5.49. The zero-order chi connectivity index (χ0) is 11.8. The average Bonchev–Trinajstić information content (AvgIpc) is 2.60. The minimum absolute atomic E-state index is 0.332. The molecular formula is C11H16N2O3. The summed E-state index contributed by atoms with van der Waals surface area (Å²) in [4.78, 5) is 14.8. The van der Waals surface area contributed by atoms with E-state index in [9.17, 15) is 9.90 Å². The molecule has 2 N–H and O–H groups in total. The predicted octanol–water partition coefficient (Wildman–Crippen LogP) is 0.671. The molecule has 1 fully saturated rings. The van der Waals surface area contributed by atoms with Crippen molar-refractivity contribution in [1.29, 1.82) is 0 Å². The second-order valence-electron chi connectivity index (χ2n) is 4.47. The van der Waals surface area contributed by atoms with Gasteiger partial charge in [-0.1, -0.05) is 0 Å². The van der Waals surface area contributed by atoms with Gasteiger partial charge in [-0.2, -0.15) is 0 Å². The monoisotopic (exact) mass is 224 g/mol. The Labute approximate surface area is 93.7 Å². The van der Waals surface area contributed by atoms with Crippen molar-refractivity contribution in [2.75, 3.05) is 0 Å². The van der Waals surface area contributed by atoms with Gasteiger partial charge in [0.15, 0.2) is 0 Å². The molecule has 0 unspecified atom stereocenters. The van der Waals surface area contributed by atoms with Gasteiger partial charge in [0.1, 0.15) is 5.82 Å². The van der Waals surface area contributed by atoms with Crippen LogP contribution in [0, 0.1) is 5.92 Å². The van der Waals surface area contributed by atoms with Crippen LogP contribution in [-0.4, -0.2) is 31.3 Å².